The van der Waals surface area contributed by atoms with E-state index in [1.165, 1.54) is 27.6 Å². The molecule has 3 rings (SSSR count). The van der Waals surface area contributed by atoms with Crippen LogP contribution in [0.5, 0.6) is 0 Å². The summed E-state index contributed by atoms with van der Waals surface area (Å²) in [5, 5.41) is 1.26. The first-order valence-electron chi connectivity index (χ1n) is 5.48. The molecule has 1 N–H and O–H groups in total. The van der Waals surface area contributed by atoms with Gasteiger partial charge in [-0.15, -0.1) is 0 Å². The molecule has 1 aromatic heterocycles. The van der Waals surface area contributed by atoms with E-state index in [9.17, 15) is 0 Å². The molecule has 2 aromatic carbocycles. The topological polar surface area (TPSA) is 15.8 Å². The molecule has 80 valence electrons. The molecule has 0 aliphatic rings. The predicted molar refractivity (Wildman–Crippen MR) is 70.6 cm³/mol. The summed E-state index contributed by atoms with van der Waals surface area (Å²) in [6.07, 6.45) is 1.98. The highest BCUT2D eigenvalue weighted by Gasteiger charge is 2.02. The van der Waals surface area contributed by atoms with Gasteiger partial charge in [-0.3, -0.25) is 0 Å². The van der Waals surface area contributed by atoms with Crippen molar-refractivity contribution >= 4 is 10.9 Å². The molecule has 0 saturated carbocycles. The lowest BCUT2D eigenvalue weighted by Crippen LogP contribution is -1.82. The van der Waals surface area contributed by atoms with Crippen molar-refractivity contribution in [3.63, 3.8) is 0 Å². The average Bonchev–Trinajstić information content (AvgIpc) is 2.76. The zero-order chi connectivity index (χ0) is 11.0. The van der Waals surface area contributed by atoms with Crippen LogP contribution in [-0.4, -0.2) is 4.98 Å². The molecule has 1 heteroatoms. The first kappa shape index (κ1) is 9.22. The summed E-state index contributed by atoms with van der Waals surface area (Å²) < 4.78 is 0. The van der Waals surface area contributed by atoms with Crippen LogP contribution in [0.15, 0.2) is 54.7 Å². The predicted octanol–water partition coefficient (Wildman–Crippen LogP) is 4.39. The molecule has 0 fully saturated rings. The van der Waals surface area contributed by atoms with Crippen LogP contribution in [0.1, 0.15) is 6.99 Å². The van der Waals surface area contributed by atoms with Gasteiger partial charge >= 0.3 is 0 Å². The largest absolute Gasteiger partial charge is 0.361 e. The summed E-state index contributed by atoms with van der Waals surface area (Å²) in [4.78, 5) is 3.21. The van der Waals surface area contributed by atoms with E-state index in [0.717, 1.165) is 0 Å². The third-order valence-electron chi connectivity index (χ3n) is 3.01. The number of hydrogen-bond acceptors (Lipinski definition) is 0. The lowest BCUT2D eigenvalue weighted by Gasteiger charge is -2.05. The summed E-state index contributed by atoms with van der Waals surface area (Å²) in [5.41, 5.74) is 5.10. The van der Waals surface area contributed by atoms with Gasteiger partial charge in [0.2, 0.25) is 0 Å². The van der Waals surface area contributed by atoms with E-state index in [2.05, 4.69) is 60.4 Å². The molecule has 0 radical (unpaired) electrons. The smallest absolute Gasteiger partial charge is 0.0454 e. The van der Waals surface area contributed by atoms with Crippen LogP contribution in [0.4, 0.5) is 0 Å². The van der Waals surface area contributed by atoms with Crippen molar-refractivity contribution in [1.29, 1.82) is 0 Å². The molecular formula is C15H15N. The van der Waals surface area contributed by atoms with Gasteiger partial charge in [-0.2, -0.15) is 0 Å². The van der Waals surface area contributed by atoms with Crippen molar-refractivity contribution in [3.8, 4) is 11.1 Å². The standard InChI is InChI=1S/C15H13N.H2/c1-11-4-2-3-5-14(11)12-6-7-15-13(10-12)8-9-16-15;/h2-10,16H,1H3;1H. The Balaban J connectivity index is 0.00000108. The molecule has 0 spiro atoms. The first-order chi connectivity index (χ1) is 7.84. The van der Waals surface area contributed by atoms with Crippen LogP contribution in [0.3, 0.4) is 0 Å². The zero-order valence-electron chi connectivity index (χ0n) is 9.20. The number of nitrogens with one attached hydrogen (secondary N) is 1. The Kier molecular flexibility index (Phi) is 2.03. The minimum atomic E-state index is 0. The van der Waals surface area contributed by atoms with Gasteiger partial charge in [-0.1, -0.05) is 30.3 Å². The molecule has 0 bridgehead atoms. The van der Waals surface area contributed by atoms with Crippen molar-refractivity contribution in [2.24, 2.45) is 0 Å². The van der Waals surface area contributed by atoms with Gasteiger partial charge in [-0.05, 0) is 47.2 Å². The fraction of sp³-hybridized carbons (Fsp3) is 0.0667. The van der Waals surface area contributed by atoms with Gasteiger partial charge in [0.1, 0.15) is 0 Å². The second-order valence-corrected chi connectivity index (χ2v) is 4.09. The van der Waals surface area contributed by atoms with E-state index in [4.69, 9.17) is 0 Å². The Hall–Kier alpha value is -2.02. The van der Waals surface area contributed by atoms with Crippen molar-refractivity contribution in [2.45, 2.75) is 6.92 Å². The lowest BCUT2D eigenvalue weighted by atomic mass is 10.00. The number of rotatable bonds is 1. The number of H-pyrrole nitrogens is 1. The Morgan fingerprint density at radius 3 is 2.75 bits per heavy atom. The van der Waals surface area contributed by atoms with E-state index in [-0.39, 0.29) is 1.43 Å². The highest BCUT2D eigenvalue weighted by molar-refractivity contribution is 5.85. The Bertz CT molecular complexity index is 640. The molecule has 3 aromatic rings. The summed E-state index contributed by atoms with van der Waals surface area (Å²) in [5.74, 6) is 0. The minimum Gasteiger partial charge on any atom is -0.361 e. The number of benzene rings is 2. The van der Waals surface area contributed by atoms with Gasteiger partial charge in [0, 0.05) is 13.1 Å². The number of fused-ring (bicyclic) bond motifs is 1. The maximum Gasteiger partial charge on any atom is 0.0454 e. The number of aromatic amines is 1. The second-order valence-electron chi connectivity index (χ2n) is 4.09. The summed E-state index contributed by atoms with van der Waals surface area (Å²) in [7, 11) is 0. The molecule has 0 saturated heterocycles. The number of aromatic nitrogens is 1. The number of aryl methyl sites for hydroxylation is 1. The van der Waals surface area contributed by atoms with Crippen molar-refractivity contribution in [1.82, 2.24) is 4.98 Å². The molecule has 0 amide bonds. The maximum atomic E-state index is 3.21. The Morgan fingerprint density at radius 2 is 1.88 bits per heavy atom. The van der Waals surface area contributed by atoms with Crippen LogP contribution in [-0.2, 0) is 0 Å². The van der Waals surface area contributed by atoms with Gasteiger partial charge < -0.3 is 4.98 Å². The monoisotopic (exact) mass is 209 g/mol. The third-order valence-corrected chi connectivity index (χ3v) is 3.01. The summed E-state index contributed by atoms with van der Waals surface area (Å²) >= 11 is 0. The fourth-order valence-corrected chi connectivity index (χ4v) is 2.12. The van der Waals surface area contributed by atoms with E-state index in [1.54, 1.807) is 0 Å². The Morgan fingerprint density at radius 1 is 1.00 bits per heavy atom. The minimum absolute atomic E-state index is 0. The summed E-state index contributed by atoms with van der Waals surface area (Å²) in [6, 6.07) is 17.1. The molecule has 0 aliphatic heterocycles. The van der Waals surface area contributed by atoms with Crippen LogP contribution in [0.2, 0.25) is 0 Å². The SMILES string of the molecule is Cc1ccccc1-c1ccc2[nH]ccc2c1.[HH]. The molecule has 1 heterocycles. The van der Waals surface area contributed by atoms with Crippen LogP contribution in [0, 0.1) is 6.92 Å². The molecule has 1 nitrogen and oxygen atoms in total. The maximum absolute atomic E-state index is 3.21. The van der Waals surface area contributed by atoms with Crippen molar-refractivity contribution in [2.75, 3.05) is 0 Å². The van der Waals surface area contributed by atoms with Gasteiger partial charge in [-0.25, -0.2) is 0 Å². The first-order valence-corrected chi connectivity index (χ1v) is 5.48. The molecule has 16 heavy (non-hydrogen) atoms. The number of hydrogen-bond donors (Lipinski definition) is 1. The van der Waals surface area contributed by atoms with Crippen LogP contribution >= 0.6 is 0 Å². The van der Waals surface area contributed by atoms with Gasteiger partial charge in [0.05, 0.1) is 0 Å². The van der Waals surface area contributed by atoms with E-state index in [1.807, 2.05) is 6.20 Å². The van der Waals surface area contributed by atoms with Gasteiger partial charge in [0.15, 0.2) is 0 Å². The lowest BCUT2D eigenvalue weighted by molar-refractivity contribution is 1.46. The van der Waals surface area contributed by atoms with Crippen molar-refractivity contribution in [3.05, 3.63) is 60.3 Å². The summed E-state index contributed by atoms with van der Waals surface area (Å²) in [6.45, 7) is 2.15. The Labute approximate surface area is 96.2 Å². The average molecular weight is 209 g/mol. The van der Waals surface area contributed by atoms with E-state index in [0.29, 0.717) is 0 Å². The van der Waals surface area contributed by atoms with Gasteiger partial charge in [0.25, 0.3) is 0 Å². The highest BCUT2D eigenvalue weighted by atomic mass is 14.7. The van der Waals surface area contributed by atoms with E-state index < -0.39 is 0 Å². The van der Waals surface area contributed by atoms with Crippen LogP contribution < -0.4 is 0 Å². The molecule has 0 unspecified atom stereocenters. The normalized spacial score (nSPS) is 10.8. The quantitative estimate of drug-likeness (QED) is 0.611. The van der Waals surface area contributed by atoms with Crippen molar-refractivity contribution < 1.29 is 1.43 Å². The zero-order valence-corrected chi connectivity index (χ0v) is 9.20. The van der Waals surface area contributed by atoms with Crippen LogP contribution in [0.25, 0.3) is 22.0 Å². The molecule has 0 aliphatic carbocycles. The third kappa shape index (κ3) is 1.41. The second kappa shape index (κ2) is 3.53. The molecular weight excluding hydrogens is 194 g/mol. The molecule has 0 atom stereocenters. The van der Waals surface area contributed by atoms with E-state index >= 15 is 0 Å². The highest BCUT2D eigenvalue weighted by Crippen LogP contribution is 2.26. The fourth-order valence-electron chi connectivity index (χ4n) is 2.12.